The highest BCUT2D eigenvalue weighted by atomic mass is 19.1. The second-order valence-electron chi connectivity index (χ2n) is 4.50. The van der Waals surface area contributed by atoms with Gasteiger partial charge in [-0.25, -0.2) is 4.39 Å². The molecule has 0 aromatic heterocycles. The third kappa shape index (κ3) is 3.73. The number of carbonyl (C=O) groups is 1. The third-order valence-corrected chi connectivity index (χ3v) is 2.98. The van der Waals surface area contributed by atoms with Crippen molar-refractivity contribution in [3.8, 4) is 11.8 Å². The van der Waals surface area contributed by atoms with E-state index >= 15 is 0 Å². The normalized spacial score (nSPS) is 9.82. The summed E-state index contributed by atoms with van der Waals surface area (Å²) in [5.74, 6) is -0.768. The molecule has 0 heterocycles. The van der Waals surface area contributed by atoms with Gasteiger partial charge in [0.15, 0.2) is 0 Å². The lowest BCUT2D eigenvalue weighted by molar-refractivity contribution is 0.0955. The molecule has 2 aromatic rings. The number of hydrogen-bond acceptors (Lipinski definition) is 4. The van der Waals surface area contributed by atoms with Crippen molar-refractivity contribution in [2.75, 3.05) is 18.4 Å². The van der Waals surface area contributed by atoms with Gasteiger partial charge in [-0.2, -0.15) is 5.26 Å². The molecular weight excluding hydrogens is 285 g/mol. The van der Waals surface area contributed by atoms with Crippen LogP contribution in [0.25, 0.3) is 0 Å². The van der Waals surface area contributed by atoms with E-state index in [0.29, 0.717) is 24.3 Å². The van der Waals surface area contributed by atoms with Gasteiger partial charge in [0.25, 0.3) is 5.91 Å². The number of halogens is 1. The van der Waals surface area contributed by atoms with Crippen molar-refractivity contribution in [3.63, 3.8) is 0 Å². The average molecular weight is 299 g/mol. The average Bonchev–Trinajstić information content (AvgIpc) is 2.52. The molecule has 0 saturated heterocycles. The highest BCUT2D eigenvalue weighted by molar-refractivity contribution is 5.94. The third-order valence-electron chi connectivity index (χ3n) is 2.98. The van der Waals surface area contributed by atoms with Gasteiger partial charge in [0.1, 0.15) is 23.2 Å². The molecule has 6 heteroatoms. The molecule has 0 bridgehead atoms. The van der Waals surface area contributed by atoms with Crippen molar-refractivity contribution >= 4 is 11.6 Å². The molecule has 0 saturated carbocycles. The predicted octanol–water partition coefficient (Wildman–Crippen LogP) is 2.24. The topological polar surface area (TPSA) is 85.2 Å². The highest BCUT2D eigenvalue weighted by Gasteiger charge is 2.07. The summed E-state index contributed by atoms with van der Waals surface area (Å²) in [6.45, 7) is 0.656. The maximum atomic E-state index is 13.4. The lowest BCUT2D eigenvalue weighted by atomic mass is 10.2. The van der Waals surface area contributed by atoms with Crippen LogP contribution in [-0.2, 0) is 0 Å². The fourth-order valence-electron chi connectivity index (χ4n) is 1.87. The number of amides is 1. The Kier molecular flexibility index (Phi) is 4.94. The number of phenols is 1. The summed E-state index contributed by atoms with van der Waals surface area (Å²) in [6.07, 6.45) is 0. The van der Waals surface area contributed by atoms with Gasteiger partial charge in [0.2, 0.25) is 0 Å². The molecule has 22 heavy (non-hydrogen) atoms. The molecule has 0 atom stereocenters. The lowest BCUT2D eigenvalue weighted by Gasteiger charge is -2.09. The van der Waals surface area contributed by atoms with Crippen LogP contribution in [0.3, 0.4) is 0 Å². The first kappa shape index (κ1) is 15.3. The smallest absolute Gasteiger partial charge is 0.251 e. The van der Waals surface area contributed by atoms with Gasteiger partial charge >= 0.3 is 0 Å². The zero-order chi connectivity index (χ0) is 15.9. The van der Waals surface area contributed by atoms with Gasteiger partial charge in [-0.05, 0) is 36.4 Å². The first-order valence-electron chi connectivity index (χ1n) is 6.61. The molecule has 0 aliphatic heterocycles. The molecule has 2 rings (SSSR count). The van der Waals surface area contributed by atoms with E-state index in [1.54, 1.807) is 12.1 Å². The van der Waals surface area contributed by atoms with Crippen LogP contribution in [0.2, 0.25) is 0 Å². The monoisotopic (exact) mass is 299 g/mol. The number of benzene rings is 2. The van der Waals surface area contributed by atoms with E-state index in [9.17, 15) is 9.18 Å². The van der Waals surface area contributed by atoms with Gasteiger partial charge in [-0.1, -0.05) is 6.07 Å². The maximum absolute atomic E-state index is 13.4. The molecule has 0 radical (unpaired) electrons. The van der Waals surface area contributed by atoms with Crippen LogP contribution in [0.15, 0.2) is 42.5 Å². The van der Waals surface area contributed by atoms with Crippen molar-refractivity contribution < 1.29 is 14.3 Å². The Morgan fingerprint density at radius 2 is 1.91 bits per heavy atom. The Balaban J connectivity index is 1.85. The number of rotatable bonds is 5. The number of hydrogen-bond donors (Lipinski definition) is 3. The standard InChI is InChI=1S/C16H14FN3O2/c17-14-2-1-3-15(13(14)10-18)19-8-9-20-16(22)11-4-6-12(21)7-5-11/h1-7,19,21H,8-9H2,(H,20,22). The van der Waals surface area contributed by atoms with Crippen LogP contribution >= 0.6 is 0 Å². The van der Waals surface area contributed by atoms with Crippen LogP contribution in [0.1, 0.15) is 15.9 Å². The number of aromatic hydroxyl groups is 1. The number of anilines is 1. The van der Waals surface area contributed by atoms with Crippen molar-refractivity contribution in [1.29, 1.82) is 5.26 Å². The number of phenolic OH excluding ortho intramolecular Hbond substituents is 1. The molecule has 1 amide bonds. The molecule has 2 aromatic carbocycles. The number of nitriles is 1. The second-order valence-corrected chi connectivity index (χ2v) is 4.50. The molecule has 5 nitrogen and oxygen atoms in total. The summed E-state index contributed by atoms with van der Waals surface area (Å²) in [7, 11) is 0. The Morgan fingerprint density at radius 1 is 1.18 bits per heavy atom. The number of nitrogens with one attached hydrogen (secondary N) is 2. The first-order chi connectivity index (χ1) is 10.6. The summed E-state index contributed by atoms with van der Waals surface area (Å²) in [5, 5.41) is 23.6. The van der Waals surface area contributed by atoms with E-state index < -0.39 is 5.82 Å². The fraction of sp³-hybridized carbons (Fsp3) is 0.125. The van der Waals surface area contributed by atoms with E-state index in [1.165, 1.54) is 36.4 Å². The maximum Gasteiger partial charge on any atom is 0.251 e. The zero-order valence-corrected chi connectivity index (χ0v) is 11.6. The van der Waals surface area contributed by atoms with Crippen LogP contribution in [-0.4, -0.2) is 24.1 Å². The van der Waals surface area contributed by atoms with Crippen molar-refractivity contribution in [2.45, 2.75) is 0 Å². The Bertz CT molecular complexity index is 708. The molecule has 3 N–H and O–H groups in total. The van der Waals surface area contributed by atoms with E-state index in [2.05, 4.69) is 10.6 Å². The summed E-state index contributed by atoms with van der Waals surface area (Å²) in [5.41, 5.74) is 0.773. The zero-order valence-electron chi connectivity index (χ0n) is 11.6. The van der Waals surface area contributed by atoms with E-state index in [1.807, 2.05) is 0 Å². The quantitative estimate of drug-likeness (QED) is 0.739. The summed E-state index contributed by atoms with van der Waals surface area (Å²) in [6, 6.07) is 12.0. The van der Waals surface area contributed by atoms with Crippen molar-refractivity contribution in [1.82, 2.24) is 5.32 Å². The fourth-order valence-corrected chi connectivity index (χ4v) is 1.87. The minimum Gasteiger partial charge on any atom is -0.508 e. The summed E-state index contributed by atoms with van der Waals surface area (Å²) in [4.78, 5) is 11.8. The van der Waals surface area contributed by atoms with E-state index in [0.717, 1.165) is 0 Å². The van der Waals surface area contributed by atoms with Gasteiger partial charge in [0, 0.05) is 18.7 Å². The molecule has 112 valence electrons. The SMILES string of the molecule is N#Cc1c(F)cccc1NCCNC(=O)c1ccc(O)cc1. The van der Waals surface area contributed by atoms with Gasteiger partial charge in [-0.15, -0.1) is 0 Å². The largest absolute Gasteiger partial charge is 0.508 e. The minimum atomic E-state index is -0.583. The van der Waals surface area contributed by atoms with E-state index in [4.69, 9.17) is 10.4 Å². The molecule has 0 aliphatic carbocycles. The lowest BCUT2D eigenvalue weighted by Crippen LogP contribution is -2.28. The highest BCUT2D eigenvalue weighted by Crippen LogP contribution is 2.17. The number of carbonyl (C=O) groups excluding carboxylic acids is 1. The van der Waals surface area contributed by atoms with Crippen molar-refractivity contribution in [3.05, 3.63) is 59.4 Å². The van der Waals surface area contributed by atoms with Crippen LogP contribution in [0.5, 0.6) is 5.75 Å². The molecular formula is C16H14FN3O2. The van der Waals surface area contributed by atoms with Gasteiger partial charge in [0.05, 0.1) is 5.69 Å². The van der Waals surface area contributed by atoms with Crippen LogP contribution in [0.4, 0.5) is 10.1 Å². The van der Waals surface area contributed by atoms with Gasteiger partial charge in [-0.3, -0.25) is 4.79 Å². The minimum absolute atomic E-state index is 0.0487. The van der Waals surface area contributed by atoms with Gasteiger partial charge < -0.3 is 15.7 Å². The summed E-state index contributed by atoms with van der Waals surface area (Å²) >= 11 is 0. The molecule has 0 unspecified atom stereocenters. The molecule has 0 aliphatic rings. The molecule has 0 spiro atoms. The van der Waals surface area contributed by atoms with Crippen molar-refractivity contribution in [2.24, 2.45) is 0 Å². The van der Waals surface area contributed by atoms with E-state index in [-0.39, 0.29) is 17.2 Å². The summed E-state index contributed by atoms with van der Waals surface area (Å²) < 4.78 is 13.4. The second kappa shape index (κ2) is 7.09. The number of nitrogens with zero attached hydrogens (tertiary/aromatic N) is 1. The Labute approximate surface area is 127 Å². The Hall–Kier alpha value is -3.07. The van der Waals surface area contributed by atoms with Crippen LogP contribution < -0.4 is 10.6 Å². The first-order valence-corrected chi connectivity index (χ1v) is 6.61. The Morgan fingerprint density at radius 3 is 2.59 bits per heavy atom. The predicted molar refractivity (Wildman–Crippen MR) is 80.0 cm³/mol. The molecule has 0 fully saturated rings. The van der Waals surface area contributed by atoms with Crippen LogP contribution in [0, 0.1) is 17.1 Å².